The maximum absolute atomic E-state index is 7.10. The fourth-order valence-corrected chi connectivity index (χ4v) is 7.70. The van der Waals surface area contributed by atoms with Gasteiger partial charge in [0.15, 0.2) is 5.84 Å². The molecule has 0 saturated heterocycles. The Bertz CT molecular complexity index is 2860. The fourth-order valence-electron chi connectivity index (χ4n) is 7.70. The molecule has 0 saturated carbocycles. The van der Waals surface area contributed by atoms with E-state index in [9.17, 15) is 0 Å². The number of rotatable bonds is 7. The van der Waals surface area contributed by atoms with Gasteiger partial charge in [-0.1, -0.05) is 188 Å². The largest absolute Gasteiger partial charge is 0.455 e. The van der Waals surface area contributed by atoms with E-state index in [2.05, 4.69) is 175 Å². The lowest BCUT2D eigenvalue weighted by Gasteiger charge is -2.24. The molecule has 1 atom stereocenters. The van der Waals surface area contributed by atoms with E-state index in [1.54, 1.807) is 0 Å². The average molecular weight is 706 g/mol. The monoisotopic (exact) mass is 705 g/mol. The number of furan rings is 1. The van der Waals surface area contributed by atoms with Gasteiger partial charge >= 0.3 is 0 Å². The Kier molecular flexibility index (Phi) is 8.19. The number of amidine groups is 2. The van der Waals surface area contributed by atoms with Crippen molar-refractivity contribution in [3.63, 3.8) is 0 Å². The van der Waals surface area contributed by atoms with Crippen LogP contribution >= 0.6 is 0 Å². The summed E-state index contributed by atoms with van der Waals surface area (Å²) >= 11 is 0. The number of benzene rings is 8. The topological polar surface area (TPSA) is 49.9 Å². The Morgan fingerprint density at radius 2 is 0.909 bits per heavy atom. The lowest BCUT2D eigenvalue weighted by Crippen LogP contribution is -2.33. The fraction of sp³-hybridized carbons (Fsp3) is 0.0196. The first-order chi connectivity index (χ1) is 27.3. The van der Waals surface area contributed by atoms with E-state index in [0.29, 0.717) is 5.84 Å². The summed E-state index contributed by atoms with van der Waals surface area (Å²) in [7, 11) is 0. The van der Waals surface area contributed by atoms with Crippen LogP contribution in [0.2, 0.25) is 0 Å². The van der Waals surface area contributed by atoms with Crippen LogP contribution in [-0.2, 0) is 0 Å². The highest BCUT2D eigenvalue weighted by Gasteiger charge is 2.26. The van der Waals surface area contributed by atoms with Crippen LogP contribution in [0.4, 0.5) is 0 Å². The molecule has 0 spiro atoms. The van der Waals surface area contributed by atoms with Crippen LogP contribution in [0, 0.1) is 0 Å². The summed E-state index contributed by atoms with van der Waals surface area (Å²) in [5.74, 6) is 1.42. The van der Waals surface area contributed by atoms with Gasteiger partial charge in [0.25, 0.3) is 0 Å². The Balaban J connectivity index is 1.20. The number of nitrogens with zero attached hydrogens (tertiary/aromatic N) is 2. The number of hydrogen-bond donors (Lipinski definition) is 1. The van der Waals surface area contributed by atoms with Crippen molar-refractivity contribution in [2.24, 2.45) is 9.98 Å². The molecule has 8 aromatic carbocycles. The molecule has 55 heavy (non-hydrogen) atoms. The molecule has 0 aliphatic carbocycles. The standard InChI is InChI=1S/C51H35N3O/c1-5-16-34(17-6-1)35-28-30-39(31-29-35)50-52-49(38-22-11-4-12-23-38)53-51(54-50)45-33-32-43(42-25-14-13-24-40(42)36-18-7-2-8-19-36)48-46(45)44-27-15-26-41(47(44)55-48)37-20-9-3-10-21-37/h1-33,50H,(H,52,53,54). The predicted octanol–water partition coefficient (Wildman–Crippen LogP) is 12.7. The lowest BCUT2D eigenvalue weighted by molar-refractivity contribution is 0.670. The van der Waals surface area contributed by atoms with Crippen LogP contribution in [0.5, 0.6) is 0 Å². The van der Waals surface area contributed by atoms with Gasteiger partial charge in [0.05, 0.1) is 0 Å². The highest BCUT2D eigenvalue weighted by atomic mass is 16.3. The number of para-hydroxylation sites is 1. The molecule has 1 aliphatic heterocycles. The van der Waals surface area contributed by atoms with Crippen LogP contribution in [0.1, 0.15) is 22.9 Å². The zero-order chi connectivity index (χ0) is 36.6. The van der Waals surface area contributed by atoms with Crippen molar-refractivity contribution in [1.29, 1.82) is 0 Å². The molecule has 1 aromatic heterocycles. The molecule has 1 aliphatic rings. The Hall–Kier alpha value is -7.30. The van der Waals surface area contributed by atoms with Crippen molar-refractivity contribution in [2.45, 2.75) is 6.17 Å². The number of hydrogen-bond acceptors (Lipinski definition) is 4. The van der Waals surface area contributed by atoms with Gasteiger partial charge in [0, 0.05) is 33.0 Å². The Morgan fingerprint density at radius 3 is 1.58 bits per heavy atom. The molecule has 1 N–H and O–H groups in total. The molecule has 0 amide bonds. The van der Waals surface area contributed by atoms with Crippen molar-refractivity contribution in [3.05, 3.63) is 217 Å². The van der Waals surface area contributed by atoms with E-state index < -0.39 is 0 Å². The second kappa shape index (κ2) is 13.9. The highest BCUT2D eigenvalue weighted by molar-refractivity contribution is 6.25. The van der Waals surface area contributed by atoms with E-state index in [0.717, 1.165) is 83.4 Å². The first kappa shape index (κ1) is 32.4. The minimum Gasteiger partial charge on any atom is -0.455 e. The summed E-state index contributed by atoms with van der Waals surface area (Å²) in [6, 6.07) is 69.7. The third kappa shape index (κ3) is 6.00. The van der Waals surface area contributed by atoms with Gasteiger partial charge in [-0.15, -0.1) is 0 Å². The number of nitrogens with one attached hydrogen (secondary N) is 1. The molecule has 0 fully saturated rings. The van der Waals surface area contributed by atoms with Crippen molar-refractivity contribution >= 4 is 33.6 Å². The van der Waals surface area contributed by atoms with Gasteiger partial charge in [-0.05, 0) is 51.1 Å². The van der Waals surface area contributed by atoms with Crippen LogP contribution in [0.15, 0.2) is 215 Å². The molecular weight excluding hydrogens is 671 g/mol. The predicted molar refractivity (Wildman–Crippen MR) is 227 cm³/mol. The molecule has 9 aromatic rings. The molecule has 0 bridgehead atoms. The number of aliphatic imine (C=N–C) groups is 2. The summed E-state index contributed by atoms with van der Waals surface area (Å²) in [4.78, 5) is 10.6. The minimum atomic E-state index is -0.362. The van der Waals surface area contributed by atoms with Crippen LogP contribution in [0.3, 0.4) is 0 Å². The van der Waals surface area contributed by atoms with Crippen LogP contribution in [-0.4, -0.2) is 11.7 Å². The van der Waals surface area contributed by atoms with E-state index in [4.69, 9.17) is 14.4 Å². The first-order valence-corrected chi connectivity index (χ1v) is 18.6. The first-order valence-electron chi connectivity index (χ1n) is 18.6. The summed E-state index contributed by atoms with van der Waals surface area (Å²) in [6.45, 7) is 0. The summed E-state index contributed by atoms with van der Waals surface area (Å²) in [5.41, 5.74) is 13.5. The van der Waals surface area contributed by atoms with Crippen LogP contribution in [0.25, 0.3) is 66.4 Å². The van der Waals surface area contributed by atoms with E-state index in [1.165, 1.54) is 5.56 Å². The van der Waals surface area contributed by atoms with E-state index >= 15 is 0 Å². The van der Waals surface area contributed by atoms with Crippen molar-refractivity contribution < 1.29 is 4.42 Å². The van der Waals surface area contributed by atoms with Gasteiger partial charge in [-0.3, -0.25) is 0 Å². The molecule has 1 unspecified atom stereocenters. The summed E-state index contributed by atoms with van der Waals surface area (Å²) in [6.07, 6.45) is -0.362. The molecular formula is C51H35N3O. The average Bonchev–Trinajstić information content (AvgIpc) is 3.67. The normalized spacial score (nSPS) is 14.0. The Labute approximate surface area is 319 Å². The zero-order valence-electron chi connectivity index (χ0n) is 29.9. The molecule has 260 valence electrons. The summed E-state index contributed by atoms with van der Waals surface area (Å²) in [5, 5.41) is 5.67. The van der Waals surface area contributed by atoms with Gasteiger partial charge in [0.1, 0.15) is 23.2 Å². The van der Waals surface area contributed by atoms with Gasteiger partial charge in [-0.25, -0.2) is 9.98 Å². The van der Waals surface area contributed by atoms with Crippen molar-refractivity contribution in [2.75, 3.05) is 0 Å². The van der Waals surface area contributed by atoms with Crippen LogP contribution < -0.4 is 5.32 Å². The maximum atomic E-state index is 7.10. The number of fused-ring (bicyclic) bond motifs is 3. The second-order valence-electron chi connectivity index (χ2n) is 13.7. The third-order valence-corrected chi connectivity index (χ3v) is 10.4. The summed E-state index contributed by atoms with van der Waals surface area (Å²) < 4.78 is 7.10. The van der Waals surface area contributed by atoms with Gasteiger partial charge in [-0.2, -0.15) is 0 Å². The minimum absolute atomic E-state index is 0.362. The smallest absolute Gasteiger partial charge is 0.160 e. The Morgan fingerprint density at radius 1 is 0.382 bits per heavy atom. The molecule has 4 nitrogen and oxygen atoms in total. The lowest BCUT2D eigenvalue weighted by atomic mass is 9.91. The van der Waals surface area contributed by atoms with Gasteiger partial charge in [0.2, 0.25) is 0 Å². The molecule has 4 heteroatoms. The highest BCUT2D eigenvalue weighted by Crippen LogP contribution is 2.44. The zero-order valence-corrected chi connectivity index (χ0v) is 29.9. The molecule has 2 heterocycles. The van der Waals surface area contributed by atoms with E-state index in [1.807, 2.05) is 30.3 Å². The molecule has 10 rings (SSSR count). The van der Waals surface area contributed by atoms with Crippen molar-refractivity contribution in [3.8, 4) is 44.5 Å². The quantitative estimate of drug-likeness (QED) is 0.179. The van der Waals surface area contributed by atoms with Gasteiger partial charge < -0.3 is 9.73 Å². The van der Waals surface area contributed by atoms with E-state index in [-0.39, 0.29) is 6.17 Å². The van der Waals surface area contributed by atoms with Crippen molar-refractivity contribution in [1.82, 2.24) is 5.32 Å². The SMILES string of the molecule is c1ccc(C2=NC(c3ccc(-c4ccccc4-c4ccccc4)c4oc5c(-c6ccccc6)cccc5c34)=NC(c3ccc(-c4ccccc4)cc3)N2)cc1. The maximum Gasteiger partial charge on any atom is 0.160 e. The molecule has 0 radical (unpaired) electrons. The second-order valence-corrected chi connectivity index (χ2v) is 13.7. The third-order valence-electron chi connectivity index (χ3n) is 10.4.